The molecule has 0 saturated heterocycles. The van der Waals surface area contributed by atoms with Crippen LogP contribution in [-0.4, -0.2) is 0 Å². The van der Waals surface area contributed by atoms with Crippen LogP contribution >= 0.6 is 0 Å². The van der Waals surface area contributed by atoms with Gasteiger partial charge >= 0.3 is 0 Å². The Kier molecular flexibility index (Phi) is 5.91. The minimum atomic E-state index is 0.714. The van der Waals surface area contributed by atoms with Crippen LogP contribution in [0, 0.1) is 5.92 Å². The minimum Gasteiger partial charge on any atom is -0.0961 e. The Morgan fingerprint density at radius 2 is 2.18 bits per heavy atom. The van der Waals surface area contributed by atoms with Gasteiger partial charge in [0.1, 0.15) is 0 Å². The van der Waals surface area contributed by atoms with Crippen LogP contribution in [0.2, 0.25) is 0 Å². The van der Waals surface area contributed by atoms with E-state index in [1.165, 1.54) is 19.3 Å². The smallest absolute Gasteiger partial charge is 0.0259 e. The third-order valence-corrected chi connectivity index (χ3v) is 1.72. The van der Waals surface area contributed by atoms with Gasteiger partial charge < -0.3 is 0 Å². The Hall–Kier alpha value is -0.520. The van der Waals surface area contributed by atoms with Crippen molar-refractivity contribution in [3.05, 3.63) is 24.3 Å². The topological polar surface area (TPSA) is 0 Å². The summed E-state index contributed by atoms with van der Waals surface area (Å²) in [5.74, 6) is 0.714. The Morgan fingerprint density at radius 3 is 2.64 bits per heavy atom. The van der Waals surface area contributed by atoms with Crippen LogP contribution in [0.3, 0.4) is 0 Å². The highest BCUT2D eigenvalue weighted by atomic mass is 14.0. The summed E-state index contributed by atoms with van der Waals surface area (Å²) in [5.41, 5.74) is 1.15. The monoisotopic (exact) mass is 152 g/mol. The van der Waals surface area contributed by atoms with E-state index in [1.807, 2.05) is 6.92 Å². The standard InChI is InChI=1S/C11H20/c1-5-6-7-11(4)9-8-10(2)3/h8-9,11H,2,5-7H2,1,3-4H3. The summed E-state index contributed by atoms with van der Waals surface area (Å²) in [6.07, 6.45) is 8.30. The van der Waals surface area contributed by atoms with Crippen LogP contribution < -0.4 is 0 Å². The molecular formula is C11H20. The zero-order valence-electron chi connectivity index (χ0n) is 8.06. The molecule has 0 saturated carbocycles. The maximum Gasteiger partial charge on any atom is -0.0259 e. The van der Waals surface area contributed by atoms with E-state index in [0.29, 0.717) is 5.92 Å². The summed E-state index contributed by atoms with van der Waals surface area (Å²) in [6.45, 7) is 10.3. The molecule has 0 aromatic rings. The zero-order valence-corrected chi connectivity index (χ0v) is 8.06. The van der Waals surface area contributed by atoms with Gasteiger partial charge in [0.05, 0.1) is 0 Å². The average molecular weight is 152 g/mol. The van der Waals surface area contributed by atoms with Crippen LogP contribution in [0.5, 0.6) is 0 Å². The summed E-state index contributed by atoms with van der Waals surface area (Å²) in [7, 11) is 0. The van der Waals surface area contributed by atoms with Gasteiger partial charge in [0.2, 0.25) is 0 Å². The molecule has 0 nitrogen and oxygen atoms in total. The van der Waals surface area contributed by atoms with Crippen molar-refractivity contribution in [3.63, 3.8) is 0 Å². The van der Waals surface area contributed by atoms with Crippen molar-refractivity contribution in [1.82, 2.24) is 0 Å². The fourth-order valence-corrected chi connectivity index (χ4v) is 0.951. The van der Waals surface area contributed by atoms with Gasteiger partial charge in [-0.1, -0.05) is 51.0 Å². The fraction of sp³-hybridized carbons (Fsp3) is 0.636. The maximum atomic E-state index is 3.82. The number of hydrogen-bond donors (Lipinski definition) is 0. The van der Waals surface area contributed by atoms with Gasteiger partial charge in [-0.15, -0.1) is 0 Å². The Morgan fingerprint density at radius 1 is 1.55 bits per heavy atom. The van der Waals surface area contributed by atoms with Crippen molar-refractivity contribution in [3.8, 4) is 0 Å². The van der Waals surface area contributed by atoms with Crippen molar-refractivity contribution in [2.24, 2.45) is 5.92 Å². The van der Waals surface area contributed by atoms with E-state index in [-0.39, 0.29) is 0 Å². The molecule has 0 heterocycles. The molecule has 0 amide bonds. The van der Waals surface area contributed by atoms with Gasteiger partial charge in [-0.05, 0) is 19.3 Å². The highest BCUT2D eigenvalue weighted by molar-refractivity contribution is 5.11. The average Bonchev–Trinajstić information content (AvgIpc) is 1.97. The van der Waals surface area contributed by atoms with Crippen LogP contribution in [0.15, 0.2) is 24.3 Å². The van der Waals surface area contributed by atoms with E-state index >= 15 is 0 Å². The van der Waals surface area contributed by atoms with Crippen LogP contribution in [0.4, 0.5) is 0 Å². The lowest BCUT2D eigenvalue weighted by molar-refractivity contribution is 0.598. The van der Waals surface area contributed by atoms with Crippen molar-refractivity contribution in [2.45, 2.75) is 40.0 Å². The van der Waals surface area contributed by atoms with E-state index in [4.69, 9.17) is 0 Å². The molecule has 0 bridgehead atoms. The largest absolute Gasteiger partial charge is 0.0961 e. The summed E-state index contributed by atoms with van der Waals surface area (Å²) in [4.78, 5) is 0. The van der Waals surface area contributed by atoms with Crippen LogP contribution in [0.25, 0.3) is 0 Å². The van der Waals surface area contributed by atoms with Crippen LogP contribution in [-0.2, 0) is 0 Å². The lowest BCUT2D eigenvalue weighted by atomic mass is 10.0. The van der Waals surface area contributed by atoms with Gasteiger partial charge in [-0.25, -0.2) is 0 Å². The van der Waals surface area contributed by atoms with E-state index in [9.17, 15) is 0 Å². The van der Waals surface area contributed by atoms with Crippen molar-refractivity contribution in [2.75, 3.05) is 0 Å². The summed E-state index contributed by atoms with van der Waals surface area (Å²) in [5, 5.41) is 0. The quantitative estimate of drug-likeness (QED) is 0.523. The summed E-state index contributed by atoms with van der Waals surface area (Å²) in [6, 6.07) is 0. The lowest BCUT2D eigenvalue weighted by Crippen LogP contribution is -1.88. The second-order valence-corrected chi connectivity index (χ2v) is 3.32. The predicted molar refractivity (Wildman–Crippen MR) is 52.6 cm³/mol. The molecule has 0 fully saturated rings. The maximum absolute atomic E-state index is 3.82. The second-order valence-electron chi connectivity index (χ2n) is 3.32. The Labute approximate surface area is 71.0 Å². The number of unbranched alkanes of at least 4 members (excludes halogenated alkanes) is 1. The van der Waals surface area contributed by atoms with Crippen molar-refractivity contribution < 1.29 is 0 Å². The minimum absolute atomic E-state index is 0.714. The molecule has 0 aromatic carbocycles. The van der Waals surface area contributed by atoms with Gasteiger partial charge in [0.25, 0.3) is 0 Å². The molecule has 11 heavy (non-hydrogen) atoms. The first-order valence-electron chi connectivity index (χ1n) is 4.50. The van der Waals surface area contributed by atoms with Gasteiger partial charge in [-0.3, -0.25) is 0 Å². The van der Waals surface area contributed by atoms with Gasteiger partial charge in [0.15, 0.2) is 0 Å². The summed E-state index contributed by atoms with van der Waals surface area (Å²) >= 11 is 0. The molecule has 0 N–H and O–H groups in total. The Bertz CT molecular complexity index is 131. The Balaban J connectivity index is 3.50. The number of hydrogen-bond acceptors (Lipinski definition) is 0. The molecule has 0 spiro atoms. The molecule has 0 radical (unpaired) electrons. The third kappa shape index (κ3) is 7.38. The first kappa shape index (κ1) is 10.5. The first-order valence-corrected chi connectivity index (χ1v) is 4.50. The van der Waals surface area contributed by atoms with E-state index < -0.39 is 0 Å². The summed E-state index contributed by atoms with van der Waals surface area (Å²) < 4.78 is 0. The molecule has 64 valence electrons. The van der Waals surface area contributed by atoms with Gasteiger partial charge in [-0.2, -0.15) is 0 Å². The third-order valence-electron chi connectivity index (χ3n) is 1.72. The molecule has 0 aliphatic heterocycles. The van der Waals surface area contributed by atoms with E-state index in [0.717, 1.165) is 5.57 Å². The van der Waals surface area contributed by atoms with Gasteiger partial charge in [0, 0.05) is 0 Å². The predicted octanol–water partition coefficient (Wildman–Crippen LogP) is 3.95. The molecule has 0 aliphatic carbocycles. The second kappa shape index (κ2) is 6.21. The lowest BCUT2D eigenvalue weighted by Gasteiger charge is -2.03. The van der Waals surface area contributed by atoms with E-state index in [1.54, 1.807) is 0 Å². The van der Waals surface area contributed by atoms with E-state index in [2.05, 4.69) is 32.6 Å². The molecule has 1 atom stereocenters. The molecule has 0 aliphatic rings. The molecule has 1 unspecified atom stereocenters. The SMILES string of the molecule is C=C(C)C=CC(C)CCCC. The molecule has 0 rings (SSSR count). The normalized spacial score (nSPS) is 13.7. The number of rotatable bonds is 5. The van der Waals surface area contributed by atoms with Crippen molar-refractivity contribution in [1.29, 1.82) is 0 Å². The van der Waals surface area contributed by atoms with Crippen LogP contribution in [0.1, 0.15) is 40.0 Å². The molecular weight excluding hydrogens is 132 g/mol. The van der Waals surface area contributed by atoms with Crippen molar-refractivity contribution >= 4 is 0 Å². The highest BCUT2D eigenvalue weighted by Gasteiger charge is 1.94. The fourth-order valence-electron chi connectivity index (χ4n) is 0.951. The number of allylic oxidation sites excluding steroid dienone is 3. The zero-order chi connectivity index (χ0) is 8.69. The molecule has 0 heteroatoms. The molecule has 0 aromatic heterocycles. The first-order chi connectivity index (χ1) is 5.16. The highest BCUT2D eigenvalue weighted by Crippen LogP contribution is 2.09.